The lowest BCUT2D eigenvalue weighted by Gasteiger charge is -2.38. The molecular weight excluding hydrogens is 345 g/mol. The third-order valence-electron chi connectivity index (χ3n) is 4.70. The first-order chi connectivity index (χ1) is 12.5. The molecule has 0 aliphatic carbocycles. The molecule has 1 heterocycles. The second-order valence-corrected chi connectivity index (χ2v) is 6.30. The molecule has 0 bridgehead atoms. The van der Waals surface area contributed by atoms with Crippen LogP contribution in [0.5, 0.6) is 0 Å². The Labute approximate surface area is 149 Å². The van der Waals surface area contributed by atoms with Gasteiger partial charge in [0.2, 0.25) is 0 Å². The maximum atomic E-state index is 13.6. The number of amides is 2. The summed E-state index contributed by atoms with van der Waals surface area (Å²) in [5.74, 6) is -2.03. The van der Waals surface area contributed by atoms with Crippen LogP contribution in [0.4, 0.5) is 23.7 Å². The predicted molar refractivity (Wildman–Crippen MR) is 91.5 cm³/mol. The number of halogens is 3. The molecule has 1 aliphatic heterocycles. The summed E-state index contributed by atoms with van der Waals surface area (Å²) in [6.07, 6.45) is 1.29. The van der Waals surface area contributed by atoms with Gasteiger partial charge in [-0.15, -0.1) is 0 Å². The Balaban J connectivity index is 1.72. The van der Waals surface area contributed by atoms with E-state index in [1.165, 1.54) is 18.2 Å². The zero-order valence-electron chi connectivity index (χ0n) is 14.0. The fraction of sp³-hybridized carbons (Fsp3) is 0.316. The number of anilines is 1. The molecule has 2 aromatic rings. The van der Waals surface area contributed by atoms with E-state index in [9.17, 15) is 18.0 Å². The fourth-order valence-corrected chi connectivity index (χ4v) is 3.16. The van der Waals surface area contributed by atoms with Crippen molar-refractivity contribution in [1.29, 1.82) is 0 Å². The molecule has 2 aromatic carbocycles. The standard InChI is InChI=1S/C19H19F3N2O2/c20-14-6-4-13(5-7-14)19(8-10-26-11-9-19)12-23-18(25)24-17-15(21)2-1-3-16(17)22/h1-7H,8-12H2,(H2,23,24,25). The third kappa shape index (κ3) is 3.99. The molecule has 26 heavy (non-hydrogen) atoms. The Hall–Kier alpha value is -2.54. The van der Waals surface area contributed by atoms with Gasteiger partial charge in [0.15, 0.2) is 0 Å². The largest absolute Gasteiger partial charge is 0.381 e. The van der Waals surface area contributed by atoms with Gasteiger partial charge in [-0.05, 0) is 42.7 Å². The van der Waals surface area contributed by atoms with Crippen molar-refractivity contribution in [3.05, 3.63) is 65.5 Å². The molecule has 7 heteroatoms. The number of urea groups is 1. The molecule has 0 unspecified atom stereocenters. The van der Waals surface area contributed by atoms with Crippen molar-refractivity contribution in [2.24, 2.45) is 0 Å². The monoisotopic (exact) mass is 364 g/mol. The number of para-hydroxylation sites is 1. The van der Waals surface area contributed by atoms with Crippen LogP contribution in [-0.2, 0) is 10.2 Å². The molecule has 138 valence electrons. The van der Waals surface area contributed by atoms with E-state index < -0.39 is 28.8 Å². The smallest absolute Gasteiger partial charge is 0.319 e. The molecular formula is C19H19F3N2O2. The van der Waals surface area contributed by atoms with Gasteiger partial charge in [0, 0.05) is 25.2 Å². The van der Waals surface area contributed by atoms with Crippen molar-refractivity contribution >= 4 is 11.7 Å². The number of nitrogens with one attached hydrogen (secondary N) is 2. The maximum absolute atomic E-state index is 13.6. The van der Waals surface area contributed by atoms with E-state index in [1.807, 2.05) is 0 Å². The topological polar surface area (TPSA) is 50.4 Å². The van der Waals surface area contributed by atoms with Crippen molar-refractivity contribution < 1.29 is 22.7 Å². The van der Waals surface area contributed by atoms with Crippen molar-refractivity contribution in [2.45, 2.75) is 18.3 Å². The zero-order chi connectivity index (χ0) is 18.6. The van der Waals surface area contributed by atoms with Crippen LogP contribution in [0, 0.1) is 17.5 Å². The summed E-state index contributed by atoms with van der Waals surface area (Å²) in [7, 11) is 0. The minimum Gasteiger partial charge on any atom is -0.381 e. The SMILES string of the molecule is O=C(NCC1(c2ccc(F)cc2)CCOCC1)Nc1c(F)cccc1F. The summed E-state index contributed by atoms with van der Waals surface area (Å²) >= 11 is 0. The van der Waals surface area contributed by atoms with Crippen LogP contribution in [0.15, 0.2) is 42.5 Å². The van der Waals surface area contributed by atoms with E-state index in [1.54, 1.807) is 12.1 Å². The molecule has 3 rings (SSSR count). The third-order valence-corrected chi connectivity index (χ3v) is 4.70. The van der Waals surface area contributed by atoms with E-state index in [-0.39, 0.29) is 12.4 Å². The van der Waals surface area contributed by atoms with Crippen LogP contribution in [0.1, 0.15) is 18.4 Å². The Morgan fingerprint density at radius 3 is 2.23 bits per heavy atom. The van der Waals surface area contributed by atoms with Gasteiger partial charge in [0.05, 0.1) is 0 Å². The number of hydrogen-bond acceptors (Lipinski definition) is 2. The highest BCUT2D eigenvalue weighted by atomic mass is 19.1. The van der Waals surface area contributed by atoms with E-state index in [0.29, 0.717) is 26.1 Å². The van der Waals surface area contributed by atoms with E-state index >= 15 is 0 Å². The van der Waals surface area contributed by atoms with Crippen LogP contribution >= 0.6 is 0 Å². The molecule has 2 amide bonds. The van der Waals surface area contributed by atoms with Gasteiger partial charge in [-0.1, -0.05) is 18.2 Å². The van der Waals surface area contributed by atoms with Gasteiger partial charge in [0.1, 0.15) is 23.1 Å². The molecule has 1 saturated heterocycles. The van der Waals surface area contributed by atoms with Gasteiger partial charge in [-0.2, -0.15) is 0 Å². The van der Waals surface area contributed by atoms with E-state index in [0.717, 1.165) is 17.7 Å². The van der Waals surface area contributed by atoms with E-state index in [2.05, 4.69) is 10.6 Å². The highest BCUT2D eigenvalue weighted by molar-refractivity contribution is 5.89. The van der Waals surface area contributed by atoms with Crippen LogP contribution < -0.4 is 10.6 Å². The first kappa shape index (κ1) is 18.3. The molecule has 0 radical (unpaired) electrons. The molecule has 0 aromatic heterocycles. The Morgan fingerprint density at radius 1 is 1.00 bits per heavy atom. The first-order valence-corrected chi connectivity index (χ1v) is 8.33. The van der Waals surface area contributed by atoms with Gasteiger partial charge in [0.25, 0.3) is 0 Å². The minimum atomic E-state index is -0.848. The van der Waals surface area contributed by atoms with Gasteiger partial charge >= 0.3 is 6.03 Å². The maximum Gasteiger partial charge on any atom is 0.319 e. The number of benzene rings is 2. The minimum absolute atomic E-state index is 0.240. The number of carbonyl (C=O) groups excluding carboxylic acids is 1. The lowest BCUT2D eigenvalue weighted by Crippen LogP contribution is -2.45. The van der Waals surface area contributed by atoms with Gasteiger partial charge in [-0.3, -0.25) is 0 Å². The Kier molecular flexibility index (Phi) is 5.46. The molecule has 1 aliphatic rings. The quantitative estimate of drug-likeness (QED) is 0.862. The molecule has 1 fully saturated rings. The average molecular weight is 364 g/mol. The van der Waals surface area contributed by atoms with Crippen molar-refractivity contribution in [1.82, 2.24) is 5.32 Å². The fourth-order valence-electron chi connectivity index (χ4n) is 3.16. The number of rotatable bonds is 4. The summed E-state index contributed by atoms with van der Waals surface area (Å²) in [5, 5.41) is 4.88. The Bertz CT molecular complexity index is 755. The average Bonchev–Trinajstić information content (AvgIpc) is 2.64. The second-order valence-electron chi connectivity index (χ2n) is 6.30. The number of hydrogen-bond donors (Lipinski definition) is 2. The summed E-state index contributed by atoms with van der Waals surface area (Å²) in [6, 6.07) is 8.78. The highest BCUT2D eigenvalue weighted by Gasteiger charge is 2.35. The summed E-state index contributed by atoms with van der Waals surface area (Å²) in [4.78, 5) is 12.1. The molecule has 0 atom stereocenters. The summed E-state index contributed by atoms with van der Waals surface area (Å²) in [5.41, 5.74) is -0.0239. The number of carbonyl (C=O) groups is 1. The lowest BCUT2D eigenvalue weighted by molar-refractivity contribution is 0.0508. The Morgan fingerprint density at radius 2 is 1.62 bits per heavy atom. The van der Waals surface area contributed by atoms with E-state index in [4.69, 9.17) is 4.74 Å². The van der Waals surface area contributed by atoms with Crippen molar-refractivity contribution in [3.63, 3.8) is 0 Å². The lowest BCUT2D eigenvalue weighted by atomic mass is 9.74. The normalized spacial score (nSPS) is 16.1. The first-order valence-electron chi connectivity index (χ1n) is 8.33. The van der Waals surface area contributed by atoms with Crippen molar-refractivity contribution in [3.8, 4) is 0 Å². The van der Waals surface area contributed by atoms with Crippen LogP contribution in [0.25, 0.3) is 0 Å². The van der Waals surface area contributed by atoms with Crippen LogP contribution in [0.2, 0.25) is 0 Å². The summed E-state index contributed by atoms with van der Waals surface area (Å²) < 4.78 is 45.9. The predicted octanol–water partition coefficient (Wildman–Crippen LogP) is 3.97. The van der Waals surface area contributed by atoms with Crippen LogP contribution in [0.3, 0.4) is 0 Å². The van der Waals surface area contributed by atoms with Crippen molar-refractivity contribution in [2.75, 3.05) is 25.1 Å². The molecule has 0 spiro atoms. The highest BCUT2D eigenvalue weighted by Crippen LogP contribution is 2.34. The molecule has 4 nitrogen and oxygen atoms in total. The van der Waals surface area contributed by atoms with Gasteiger partial charge < -0.3 is 15.4 Å². The summed E-state index contributed by atoms with van der Waals surface area (Å²) in [6.45, 7) is 1.27. The number of ether oxygens (including phenoxy) is 1. The molecule has 2 N–H and O–H groups in total. The van der Waals surface area contributed by atoms with Gasteiger partial charge in [-0.25, -0.2) is 18.0 Å². The second kappa shape index (κ2) is 7.78. The van der Waals surface area contributed by atoms with Crippen LogP contribution in [-0.4, -0.2) is 25.8 Å². The molecule has 0 saturated carbocycles. The zero-order valence-corrected chi connectivity index (χ0v) is 14.0.